The van der Waals surface area contributed by atoms with Crippen LogP contribution in [0.15, 0.2) is 231 Å². The van der Waals surface area contributed by atoms with Gasteiger partial charge in [0.1, 0.15) is 0 Å². The highest BCUT2D eigenvalue weighted by molar-refractivity contribution is 6.16. The maximum absolute atomic E-state index is 2.42. The van der Waals surface area contributed by atoms with Crippen molar-refractivity contribution in [1.29, 1.82) is 0 Å². The van der Waals surface area contributed by atoms with Crippen LogP contribution < -0.4 is 4.90 Å². The van der Waals surface area contributed by atoms with Crippen molar-refractivity contribution in [2.45, 2.75) is 0 Å². The normalized spacial score (nSPS) is 11.2. The third-order valence-corrected chi connectivity index (χ3v) is 10.8. The first kappa shape index (κ1) is 33.2. The highest BCUT2D eigenvalue weighted by atomic mass is 15.1. The molecule has 0 amide bonds. The van der Waals surface area contributed by atoms with E-state index in [1.165, 1.54) is 60.8 Å². The van der Waals surface area contributed by atoms with Gasteiger partial charge in [-0.15, -0.1) is 0 Å². The van der Waals surface area contributed by atoms with Crippen LogP contribution >= 0.6 is 0 Å². The molecule has 0 aliphatic heterocycles. The smallest absolute Gasteiger partial charge is 0.0562 e. The van der Waals surface area contributed by atoms with Gasteiger partial charge in [0.25, 0.3) is 0 Å². The molecule has 1 aromatic heterocycles. The maximum atomic E-state index is 2.42. The fraction of sp³-hybridized carbons (Fsp3) is 0. The first-order valence-electron chi connectivity index (χ1n) is 19.2. The minimum Gasteiger partial charge on any atom is -0.310 e. The van der Waals surface area contributed by atoms with Crippen LogP contribution in [0.1, 0.15) is 0 Å². The molecule has 9 aromatic carbocycles. The van der Waals surface area contributed by atoms with Gasteiger partial charge in [0.05, 0.1) is 11.0 Å². The number of hydrogen-bond donors (Lipinski definition) is 0. The zero-order valence-electron chi connectivity index (χ0n) is 30.8. The molecule has 2 heteroatoms. The summed E-state index contributed by atoms with van der Waals surface area (Å²) in [5.41, 5.74) is 16.4. The first-order chi connectivity index (χ1) is 27.8. The minimum absolute atomic E-state index is 1.09. The summed E-state index contributed by atoms with van der Waals surface area (Å²) < 4.78 is 2.42. The zero-order valence-corrected chi connectivity index (χ0v) is 30.8. The quantitative estimate of drug-likeness (QED) is 0.152. The second-order valence-corrected chi connectivity index (χ2v) is 14.2. The van der Waals surface area contributed by atoms with Crippen molar-refractivity contribution in [3.63, 3.8) is 0 Å². The Balaban J connectivity index is 1.16. The number of anilines is 3. The van der Waals surface area contributed by atoms with E-state index >= 15 is 0 Å². The van der Waals surface area contributed by atoms with Crippen LogP contribution in [0.25, 0.3) is 72.0 Å². The maximum Gasteiger partial charge on any atom is 0.0562 e. The Hall–Kier alpha value is -7.42. The topological polar surface area (TPSA) is 8.17 Å². The minimum atomic E-state index is 1.09. The van der Waals surface area contributed by atoms with Crippen molar-refractivity contribution in [2.24, 2.45) is 0 Å². The monoisotopic (exact) mass is 714 g/mol. The molecule has 2 nitrogen and oxygen atoms in total. The zero-order chi connectivity index (χ0) is 37.3. The summed E-state index contributed by atoms with van der Waals surface area (Å²) in [6, 6.07) is 83.0. The molecule has 0 fully saturated rings. The summed E-state index contributed by atoms with van der Waals surface area (Å²) in [4.78, 5) is 2.39. The van der Waals surface area contributed by atoms with E-state index in [4.69, 9.17) is 0 Å². The van der Waals surface area contributed by atoms with Crippen molar-refractivity contribution in [3.05, 3.63) is 231 Å². The molecule has 0 saturated heterocycles. The van der Waals surface area contributed by atoms with Gasteiger partial charge in [0, 0.05) is 33.5 Å². The Kier molecular flexibility index (Phi) is 8.55. The van der Waals surface area contributed by atoms with Crippen LogP contribution in [0.2, 0.25) is 0 Å². The molecule has 0 aliphatic rings. The van der Waals surface area contributed by atoms with Crippen molar-refractivity contribution in [2.75, 3.05) is 4.90 Å². The van der Waals surface area contributed by atoms with Crippen molar-refractivity contribution >= 4 is 38.9 Å². The molecule has 0 aliphatic carbocycles. The van der Waals surface area contributed by atoms with Gasteiger partial charge in [-0.2, -0.15) is 0 Å². The number of rotatable bonds is 8. The lowest BCUT2D eigenvalue weighted by molar-refractivity contribution is 1.18. The molecular formula is C54H38N2. The van der Waals surface area contributed by atoms with E-state index in [-0.39, 0.29) is 0 Å². The van der Waals surface area contributed by atoms with Gasteiger partial charge in [-0.25, -0.2) is 0 Å². The average molecular weight is 715 g/mol. The molecule has 0 atom stereocenters. The second kappa shape index (κ2) is 14.4. The van der Waals surface area contributed by atoms with Gasteiger partial charge in [0.2, 0.25) is 0 Å². The Morgan fingerprint density at radius 2 is 0.768 bits per heavy atom. The lowest BCUT2D eigenvalue weighted by Crippen LogP contribution is -2.10. The van der Waals surface area contributed by atoms with Gasteiger partial charge in [0.15, 0.2) is 0 Å². The number of aromatic nitrogens is 1. The van der Waals surface area contributed by atoms with E-state index in [1.54, 1.807) is 0 Å². The molecule has 0 spiro atoms. The number of para-hydroxylation sites is 1. The lowest BCUT2D eigenvalue weighted by atomic mass is 9.98. The van der Waals surface area contributed by atoms with Crippen LogP contribution in [0.5, 0.6) is 0 Å². The SMILES string of the molecule is c1ccc(-c2cccc(-c3ccc(N(c4cccc(-c5ccccc5)c4)c4ccc5c6c(-c7ccccc7)cccc6n(-c6ccccc6)c5c4)cc3)c2)cc1. The third kappa shape index (κ3) is 6.14. The second-order valence-electron chi connectivity index (χ2n) is 14.2. The first-order valence-corrected chi connectivity index (χ1v) is 19.2. The summed E-state index contributed by atoms with van der Waals surface area (Å²) in [6.45, 7) is 0. The standard InChI is InChI=1S/C54H38N2/c1-5-16-39(17-6-1)43-22-13-23-44(36-43)41-30-32-47(33-31-41)55(48-27-14-24-45(37-48)40-18-7-2-8-19-40)49-34-35-51-53(38-49)56(46-25-11-4-12-26-46)52-29-15-28-50(54(51)52)42-20-9-3-10-21-42/h1-38H. The molecule has 56 heavy (non-hydrogen) atoms. The van der Waals surface area contributed by atoms with Crippen molar-refractivity contribution < 1.29 is 0 Å². The van der Waals surface area contributed by atoms with Crippen LogP contribution in [0.3, 0.4) is 0 Å². The highest BCUT2D eigenvalue weighted by Gasteiger charge is 2.20. The summed E-state index contributed by atoms with van der Waals surface area (Å²) in [5.74, 6) is 0. The summed E-state index contributed by atoms with van der Waals surface area (Å²) >= 11 is 0. The fourth-order valence-electron chi connectivity index (χ4n) is 8.12. The van der Waals surface area contributed by atoms with Crippen molar-refractivity contribution in [3.8, 4) is 50.2 Å². The highest BCUT2D eigenvalue weighted by Crippen LogP contribution is 2.43. The molecule has 0 bridgehead atoms. The predicted octanol–water partition coefficient (Wildman–Crippen LogP) is 14.9. The number of hydrogen-bond acceptors (Lipinski definition) is 1. The molecule has 0 N–H and O–H groups in total. The number of fused-ring (bicyclic) bond motifs is 3. The molecule has 10 rings (SSSR count). The van der Waals surface area contributed by atoms with Gasteiger partial charge >= 0.3 is 0 Å². The van der Waals surface area contributed by atoms with E-state index in [0.717, 1.165) is 28.3 Å². The van der Waals surface area contributed by atoms with Gasteiger partial charge in [-0.3, -0.25) is 0 Å². The van der Waals surface area contributed by atoms with Gasteiger partial charge in [-0.05, 0) is 105 Å². The van der Waals surface area contributed by atoms with E-state index in [2.05, 4.69) is 240 Å². The predicted molar refractivity (Wildman–Crippen MR) is 237 cm³/mol. The van der Waals surface area contributed by atoms with Gasteiger partial charge < -0.3 is 9.47 Å². The molecule has 0 radical (unpaired) electrons. The molecular weight excluding hydrogens is 677 g/mol. The lowest BCUT2D eigenvalue weighted by Gasteiger charge is -2.26. The van der Waals surface area contributed by atoms with Crippen LogP contribution in [-0.4, -0.2) is 4.57 Å². The Bertz CT molecular complexity index is 2930. The Morgan fingerprint density at radius 1 is 0.286 bits per heavy atom. The summed E-state index contributed by atoms with van der Waals surface area (Å²) in [6.07, 6.45) is 0. The van der Waals surface area contributed by atoms with Crippen LogP contribution in [0, 0.1) is 0 Å². The van der Waals surface area contributed by atoms with Crippen LogP contribution in [0.4, 0.5) is 17.1 Å². The average Bonchev–Trinajstić information content (AvgIpc) is 3.62. The molecule has 1 heterocycles. The summed E-state index contributed by atoms with van der Waals surface area (Å²) in [5, 5.41) is 2.47. The molecule has 0 unspecified atom stereocenters. The fourth-order valence-corrected chi connectivity index (χ4v) is 8.12. The number of nitrogens with zero attached hydrogens (tertiary/aromatic N) is 2. The van der Waals surface area contributed by atoms with Crippen LogP contribution in [-0.2, 0) is 0 Å². The molecule has 264 valence electrons. The summed E-state index contributed by atoms with van der Waals surface area (Å²) in [7, 11) is 0. The Morgan fingerprint density at radius 3 is 1.41 bits per heavy atom. The van der Waals surface area contributed by atoms with E-state index in [0.29, 0.717) is 0 Å². The van der Waals surface area contributed by atoms with E-state index < -0.39 is 0 Å². The van der Waals surface area contributed by atoms with E-state index in [9.17, 15) is 0 Å². The third-order valence-electron chi connectivity index (χ3n) is 10.8. The van der Waals surface area contributed by atoms with E-state index in [1.807, 2.05) is 0 Å². The Labute approximate surface area is 327 Å². The van der Waals surface area contributed by atoms with Crippen molar-refractivity contribution in [1.82, 2.24) is 4.57 Å². The largest absolute Gasteiger partial charge is 0.310 e. The molecule has 10 aromatic rings. The number of benzene rings is 9. The van der Waals surface area contributed by atoms with Gasteiger partial charge in [-0.1, -0.05) is 170 Å². The molecule has 0 saturated carbocycles.